The van der Waals surface area contributed by atoms with Crippen LogP contribution in [0.4, 0.5) is 23.1 Å². The van der Waals surface area contributed by atoms with Crippen molar-refractivity contribution in [2.45, 2.75) is 71.4 Å². The van der Waals surface area contributed by atoms with Crippen molar-refractivity contribution >= 4 is 29.0 Å². The Morgan fingerprint density at radius 1 is 1.03 bits per heavy atom. The van der Waals surface area contributed by atoms with Crippen LogP contribution in [0.2, 0.25) is 0 Å². The van der Waals surface area contributed by atoms with Crippen molar-refractivity contribution in [1.29, 1.82) is 0 Å². The van der Waals surface area contributed by atoms with Gasteiger partial charge >= 0.3 is 0 Å². The Balaban J connectivity index is 1.61. The lowest BCUT2D eigenvalue weighted by molar-refractivity contribution is 0.0943. The largest absolute Gasteiger partial charge is 0.350 e. The molecule has 3 aromatic rings. The molecule has 0 radical (unpaired) electrons. The molecule has 196 valence electrons. The summed E-state index contributed by atoms with van der Waals surface area (Å²) in [6, 6.07) is 10.9. The minimum absolute atomic E-state index is 0.00541. The van der Waals surface area contributed by atoms with Crippen molar-refractivity contribution < 1.29 is 4.79 Å². The summed E-state index contributed by atoms with van der Waals surface area (Å²) in [6.07, 6.45) is 6.60. The van der Waals surface area contributed by atoms with E-state index in [1.807, 2.05) is 26.0 Å². The Hall–Kier alpha value is -3.52. The summed E-state index contributed by atoms with van der Waals surface area (Å²) in [4.78, 5) is 28.9. The number of aromatic nitrogens is 3. The maximum absolute atomic E-state index is 12.9. The quantitative estimate of drug-likeness (QED) is 0.409. The minimum atomic E-state index is -0.224. The van der Waals surface area contributed by atoms with Gasteiger partial charge in [0.1, 0.15) is 11.4 Å². The summed E-state index contributed by atoms with van der Waals surface area (Å²) in [5.74, 6) is 0.641. The predicted octanol–water partition coefficient (Wildman–Crippen LogP) is 5.21. The van der Waals surface area contributed by atoms with Crippen molar-refractivity contribution in [3.63, 3.8) is 0 Å². The van der Waals surface area contributed by atoms with Crippen LogP contribution in [0.15, 0.2) is 42.7 Å². The number of rotatable bonds is 7. The van der Waals surface area contributed by atoms with Gasteiger partial charge in [-0.1, -0.05) is 26.8 Å². The summed E-state index contributed by atoms with van der Waals surface area (Å²) in [5.41, 5.74) is 5.73. The van der Waals surface area contributed by atoms with Crippen molar-refractivity contribution in [3.05, 3.63) is 65.1 Å². The number of likely N-dealkylation sites (N-methyl/N-ethyl adjacent to an activating group) is 1. The topological polar surface area (TPSA) is 95.1 Å². The highest BCUT2D eigenvalue weighted by atomic mass is 16.1. The van der Waals surface area contributed by atoms with Crippen molar-refractivity contribution in [2.75, 3.05) is 24.7 Å². The molecule has 4 rings (SSSR count). The van der Waals surface area contributed by atoms with Crippen molar-refractivity contribution in [1.82, 2.24) is 25.2 Å². The number of fused-ring (bicyclic) bond motifs is 1. The number of anilines is 4. The summed E-state index contributed by atoms with van der Waals surface area (Å²) in [5, 5.41) is 9.61. The number of nitrogens with one attached hydrogen (secondary N) is 3. The van der Waals surface area contributed by atoms with Gasteiger partial charge in [-0.25, -0.2) is 4.98 Å². The van der Waals surface area contributed by atoms with Crippen LogP contribution < -0.4 is 16.0 Å². The Kier molecular flexibility index (Phi) is 7.78. The first kappa shape index (κ1) is 26.5. The third-order valence-electron chi connectivity index (χ3n) is 6.64. The maximum atomic E-state index is 12.9. The monoisotopic (exact) mass is 501 g/mol. The van der Waals surface area contributed by atoms with Gasteiger partial charge in [-0.05, 0) is 82.6 Å². The first-order valence-electron chi connectivity index (χ1n) is 13.0. The van der Waals surface area contributed by atoms with Gasteiger partial charge in [0.15, 0.2) is 0 Å². The lowest BCUT2D eigenvalue weighted by Gasteiger charge is -2.30. The molecule has 1 amide bonds. The summed E-state index contributed by atoms with van der Waals surface area (Å²) in [6.45, 7) is 10.2. The highest BCUT2D eigenvalue weighted by molar-refractivity contribution is 5.99. The van der Waals surface area contributed by atoms with E-state index in [1.165, 1.54) is 11.1 Å². The smallest absolute Gasteiger partial charge is 0.256 e. The van der Waals surface area contributed by atoms with Crippen LogP contribution in [0.1, 0.15) is 68.2 Å². The van der Waals surface area contributed by atoms with Gasteiger partial charge in [0.2, 0.25) is 5.95 Å². The second-order valence-corrected chi connectivity index (χ2v) is 11.4. The lowest BCUT2D eigenvalue weighted by Crippen LogP contribution is -2.33. The van der Waals surface area contributed by atoms with Crippen LogP contribution in [0.5, 0.6) is 0 Å². The molecule has 0 spiro atoms. The van der Waals surface area contributed by atoms with E-state index >= 15 is 0 Å². The van der Waals surface area contributed by atoms with Gasteiger partial charge in [-0.2, -0.15) is 4.98 Å². The molecule has 2 heterocycles. The van der Waals surface area contributed by atoms with Crippen LogP contribution in [-0.4, -0.2) is 51.9 Å². The number of amides is 1. The fraction of sp³-hybridized carbons (Fsp3) is 0.448. The number of hydrogen-bond donors (Lipinski definition) is 3. The van der Waals surface area contributed by atoms with Crippen LogP contribution in [-0.2, 0) is 18.3 Å². The van der Waals surface area contributed by atoms with E-state index < -0.39 is 0 Å². The summed E-state index contributed by atoms with van der Waals surface area (Å²) >= 11 is 0. The highest BCUT2D eigenvalue weighted by Gasteiger charge is 2.21. The molecule has 8 nitrogen and oxygen atoms in total. The van der Waals surface area contributed by atoms with Crippen LogP contribution in [0, 0.1) is 0 Å². The zero-order valence-electron chi connectivity index (χ0n) is 23.0. The molecule has 37 heavy (non-hydrogen) atoms. The van der Waals surface area contributed by atoms with E-state index in [0.29, 0.717) is 23.4 Å². The third-order valence-corrected chi connectivity index (χ3v) is 6.64. The average Bonchev–Trinajstić information content (AvgIpc) is 2.83. The Bertz CT molecular complexity index is 1260. The maximum Gasteiger partial charge on any atom is 0.256 e. The summed E-state index contributed by atoms with van der Waals surface area (Å²) in [7, 11) is 4.30. The molecule has 1 aromatic carbocycles. The molecule has 1 aliphatic carbocycles. The van der Waals surface area contributed by atoms with E-state index in [-0.39, 0.29) is 17.4 Å². The lowest BCUT2D eigenvalue weighted by atomic mass is 9.87. The summed E-state index contributed by atoms with van der Waals surface area (Å²) < 4.78 is 0. The van der Waals surface area contributed by atoms with E-state index in [2.05, 4.69) is 83.9 Å². The second kappa shape index (κ2) is 10.8. The van der Waals surface area contributed by atoms with Gasteiger partial charge in [0.05, 0.1) is 0 Å². The fourth-order valence-corrected chi connectivity index (χ4v) is 4.48. The van der Waals surface area contributed by atoms with E-state index in [0.717, 1.165) is 36.3 Å². The number of hydrogen-bond acceptors (Lipinski definition) is 7. The Morgan fingerprint density at radius 2 is 1.78 bits per heavy atom. The van der Waals surface area contributed by atoms with Crippen molar-refractivity contribution in [3.8, 4) is 0 Å². The zero-order valence-corrected chi connectivity index (χ0v) is 23.0. The molecule has 1 unspecified atom stereocenters. The highest BCUT2D eigenvalue weighted by Crippen LogP contribution is 2.29. The molecule has 0 saturated heterocycles. The van der Waals surface area contributed by atoms with Gasteiger partial charge in [-0.15, -0.1) is 0 Å². The fourth-order valence-electron chi connectivity index (χ4n) is 4.48. The van der Waals surface area contributed by atoms with Gasteiger partial charge < -0.3 is 20.9 Å². The van der Waals surface area contributed by atoms with Gasteiger partial charge in [0.25, 0.3) is 5.91 Å². The number of carbonyl (C=O) groups is 1. The first-order chi connectivity index (χ1) is 17.5. The molecule has 2 aromatic heterocycles. The van der Waals surface area contributed by atoms with E-state index in [1.54, 1.807) is 12.4 Å². The second-order valence-electron chi connectivity index (χ2n) is 11.4. The number of aryl methyl sites for hydroxylation is 1. The minimum Gasteiger partial charge on any atom is -0.350 e. The van der Waals surface area contributed by atoms with E-state index in [4.69, 9.17) is 4.98 Å². The predicted molar refractivity (Wildman–Crippen MR) is 150 cm³/mol. The molecule has 1 aliphatic rings. The Labute approximate surface area is 220 Å². The molecular formula is C29H39N7O. The molecule has 1 atom stereocenters. The van der Waals surface area contributed by atoms with Crippen LogP contribution in [0.3, 0.4) is 0 Å². The molecule has 0 saturated carbocycles. The van der Waals surface area contributed by atoms with Gasteiger partial charge in [0, 0.05) is 47.0 Å². The molecule has 0 bridgehead atoms. The standard InChI is InChI=1S/C29H39N7O/c1-18(2)32-27(37)24-17-31-28(35-26(24)33-22-12-13-30-25(16-22)29(3,4)5)34-21-10-8-20-15-23(36(6)7)11-9-19(20)14-21/h8,10,12-14,16-18,23H,9,11,15H2,1-7H3,(H,32,37)(H2,30,31,33,34,35). The van der Waals surface area contributed by atoms with Crippen LogP contribution in [0.25, 0.3) is 0 Å². The van der Waals surface area contributed by atoms with Gasteiger partial charge in [-0.3, -0.25) is 9.78 Å². The molecule has 0 fully saturated rings. The molecule has 3 N–H and O–H groups in total. The van der Waals surface area contributed by atoms with Crippen LogP contribution >= 0.6 is 0 Å². The first-order valence-corrected chi connectivity index (χ1v) is 13.0. The van der Waals surface area contributed by atoms with Crippen molar-refractivity contribution in [2.24, 2.45) is 0 Å². The SMILES string of the molecule is CC(C)NC(=O)c1cnc(Nc2ccc3c(c2)CCC(N(C)C)C3)nc1Nc1ccnc(C(C)(C)C)c1. The number of nitrogens with zero attached hydrogens (tertiary/aromatic N) is 4. The molecular weight excluding hydrogens is 462 g/mol. The zero-order chi connectivity index (χ0) is 26.7. The Morgan fingerprint density at radius 3 is 2.49 bits per heavy atom. The third kappa shape index (κ3) is 6.63. The average molecular weight is 502 g/mol. The molecule has 0 aliphatic heterocycles. The number of benzene rings is 1. The number of pyridine rings is 1. The van der Waals surface area contributed by atoms with E-state index in [9.17, 15) is 4.79 Å². The normalized spacial score (nSPS) is 15.4. The molecule has 8 heteroatoms. The number of carbonyl (C=O) groups excluding carboxylic acids is 1.